The Balaban J connectivity index is 2.02. The molecule has 7 heteroatoms. The van der Waals surface area contributed by atoms with Gasteiger partial charge < -0.3 is 14.6 Å². The zero-order valence-corrected chi connectivity index (χ0v) is 14.9. The summed E-state index contributed by atoms with van der Waals surface area (Å²) in [6, 6.07) is 5.52. The molecule has 124 valence electrons. The van der Waals surface area contributed by atoms with E-state index in [1.165, 1.54) is 11.8 Å². The van der Waals surface area contributed by atoms with Crippen LogP contribution in [0.5, 0.6) is 0 Å². The first-order valence-electron chi connectivity index (χ1n) is 7.40. The molecule has 0 fully saturated rings. The van der Waals surface area contributed by atoms with Crippen LogP contribution in [0.2, 0.25) is 0 Å². The molecule has 2 rings (SSSR count). The second-order valence-corrected chi connectivity index (χ2v) is 6.67. The lowest BCUT2D eigenvalue weighted by Gasteiger charge is -2.12. The van der Waals surface area contributed by atoms with Crippen molar-refractivity contribution >= 4 is 23.5 Å². The van der Waals surface area contributed by atoms with Gasteiger partial charge in [-0.2, -0.15) is 0 Å². The van der Waals surface area contributed by atoms with E-state index in [2.05, 4.69) is 15.3 Å². The number of hydrogen-bond donors (Lipinski definition) is 1. The molecule has 0 saturated carbocycles. The third kappa shape index (κ3) is 4.99. The van der Waals surface area contributed by atoms with Crippen LogP contribution in [0.25, 0.3) is 0 Å². The van der Waals surface area contributed by atoms with E-state index in [0.29, 0.717) is 16.7 Å². The van der Waals surface area contributed by atoms with E-state index in [9.17, 15) is 4.79 Å². The van der Waals surface area contributed by atoms with Crippen LogP contribution in [0.4, 0.5) is 5.82 Å². The molecule has 1 N–H and O–H groups in total. The highest BCUT2D eigenvalue weighted by Gasteiger charge is 2.13. The lowest BCUT2D eigenvalue weighted by Crippen LogP contribution is -2.29. The largest absolute Gasteiger partial charge is 0.455 e. The molecule has 0 aromatic carbocycles. The van der Waals surface area contributed by atoms with Crippen molar-refractivity contribution in [3.63, 3.8) is 0 Å². The van der Waals surface area contributed by atoms with Gasteiger partial charge >= 0.3 is 0 Å². The summed E-state index contributed by atoms with van der Waals surface area (Å²) in [5.41, 5.74) is 0.919. The summed E-state index contributed by atoms with van der Waals surface area (Å²) in [5.74, 6) is 2.30. The maximum atomic E-state index is 11.9. The molecule has 6 nitrogen and oxygen atoms in total. The minimum absolute atomic E-state index is 0.0792. The highest BCUT2D eigenvalue weighted by atomic mass is 32.2. The standard InChI is InChI=1S/C16H22N4O2S/c1-10(2)17-15(21)13-7-6-12(22-13)9-23-16-18-11(3)8-14(19-16)20(4)5/h6-8,10H,9H2,1-5H3,(H,17,21). The number of aryl methyl sites for hydroxylation is 1. The van der Waals surface area contributed by atoms with Crippen molar-refractivity contribution in [2.24, 2.45) is 0 Å². The molecule has 0 aliphatic heterocycles. The Morgan fingerprint density at radius 3 is 2.74 bits per heavy atom. The zero-order chi connectivity index (χ0) is 17.0. The number of nitrogens with one attached hydrogen (secondary N) is 1. The van der Waals surface area contributed by atoms with Crippen LogP contribution < -0.4 is 10.2 Å². The van der Waals surface area contributed by atoms with Gasteiger partial charge in [0.15, 0.2) is 10.9 Å². The van der Waals surface area contributed by atoms with Crippen LogP contribution in [0.1, 0.15) is 35.9 Å². The molecule has 0 saturated heterocycles. The summed E-state index contributed by atoms with van der Waals surface area (Å²) in [4.78, 5) is 22.7. The minimum atomic E-state index is -0.196. The fourth-order valence-electron chi connectivity index (χ4n) is 1.87. The molecule has 0 aliphatic rings. The van der Waals surface area contributed by atoms with Crippen molar-refractivity contribution in [2.45, 2.75) is 37.7 Å². The van der Waals surface area contributed by atoms with E-state index >= 15 is 0 Å². The summed E-state index contributed by atoms with van der Waals surface area (Å²) in [5, 5.41) is 3.50. The highest BCUT2D eigenvalue weighted by Crippen LogP contribution is 2.23. The normalized spacial score (nSPS) is 10.9. The molecule has 0 spiro atoms. The van der Waals surface area contributed by atoms with Crippen LogP contribution in [0, 0.1) is 6.92 Å². The Labute approximate surface area is 140 Å². The highest BCUT2D eigenvalue weighted by molar-refractivity contribution is 7.98. The molecule has 1 amide bonds. The van der Waals surface area contributed by atoms with E-state index in [0.717, 1.165) is 17.3 Å². The molecule has 0 aliphatic carbocycles. The number of anilines is 1. The Morgan fingerprint density at radius 2 is 2.09 bits per heavy atom. The predicted octanol–water partition coefficient (Wildman–Crippen LogP) is 2.87. The molecular weight excluding hydrogens is 312 g/mol. The molecule has 0 atom stereocenters. The monoisotopic (exact) mass is 334 g/mol. The average Bonchev–Trinajstić information content (AvgIpc) is 2.93. The number of rotatable bonds is 6. The molecule has 2 aromatic heterocycles. The van der Waals surface area contributed by atoms with Crippen molar-refractivity contribution in [1.82, 2.24) is 15.3 Å². The quantitative estimate of drug-likeness (QED) is 0.647. The Hall–Kier alpha value is -2.02. The topological polar surface area (TPSA) is 71.3 Å². The maximum absolute atomic E-state index is 11.9. The van der Waals surface area contributed by atoms with E-state index in [1.807, 2.05) is 51.9 Å². The molecule has 0 radical (unpaired) electrons. The number of hydrogen-bond acceptors (Lipinski definition) is 6. The number of carbonyl (C=O) groups is 1. The predicted molar refractivity (Wildman–Crippen MR) is 92.0 cm³/mol. The fraction of sp³-hybridized carbons (Fsp3) is 0.438. The van der Waals surface area contributed by atoms with Crippen LogP contribution >= 0.6 is 11.8 Å². The van der Waals surface area contributed by atoms with Gasteiger partial charge in [0.25, 0.3) is 5.91 Å². The number of nitrogens with zero attached hydrogens (tertiary/aromatic N) is 3. The number of thioether (sulfide) groups is 1. The number of amides is 1. The SMILES string of the molecule is Cc1cc(N(C)C)nc(SCc2ccc(C(=O)NC(C)C)o2)n1. The van der Waals surface area contributed by atoms with E-state index in [4.69, 9.17) is 4.42 Å². The minimum Gasteiger partial charge on any atom is -0.455 e. The smallest absolute Gasteiger partial charge is 0.287 e. The van der Waals surface area contributed by atoms with E-state index in [-0.39, 0.29) is 11.9 Å². The molecule has 0 unspecified atom stereocenters. The van der Waals surface area contributed by atoms with Gasteiger partial charge in [-0.3, -0.25) is 4.79 Å². The van der Waals surface area contributed by atoms with E-state index < -0.39 is 0 Å². The van der Waals surface area contributed by atoms with Crippen molar-refractivity contribution in [1.29, 1.82) is 0 Å². The van der Waals surface area contributed by atoms with Gasteiger partial charge in [-0.25, -0.2) is 9.97 Å². The van der Waals surface area contributed by atoms with Crippen LogP contribution in [-0.2, 0) is 5.75 Å². The van der Waals surface area contributed by atoms with Gasteiger partial charge in [-0.15, -0.1) is 0 Å². The molecule has 0 bridgehead atoms. The summed E-state index contributed by atoms with van der Waals surface area (Å²) < 4.78 is 5.58. The lowest BCUT2D eigenvalue weighted by molar-refractivity contribution is 0.0914. The van der Waals surface area contributed by atoms with Gasteiger partial charge in [0.05, 0.1) is 5.75 Å². The summed E-state index contributed by atoms with van der Waals surface area (Å²) in [6.07, 6.45) is 0. The second-order valence-electron chi connectivity index (χ2n) is 5.73. The molecular formula is C16H22N4O2S. The lowest BCUT2D eigenvalue weighted by atomic mass is 10.3. The van der Waals surface area contributed by atoms with Crippen LogP contribution in [0.3, 0.4) is 0 Å². The first kappa shape index (κ1) is 17.3. The van der Waals surface area contributed by atoms with E-state index in [1.54, 1.807) is 6.07 Å². The fourth-order valence-corrected chi connectivity index (χ4v) is 2.66. The maximum Gasteiger partial charge on any atom is 0.287 e. The Kier molecular flexibility index (Phi) is 5.65. The van der Waals surface area contributed by atoms with Crippen molar-refractivity contribution in [3.8, 4) is 0 Å². The number of carbonyl (C=O) groups excluding carboxylic acids is 1. The summed E-state index contributed by atoms with van der Waals surface area (Å²) in [7, 11) is 3.89. The zero-order valence-electron chi connectivity index (χ0n) is 14.1. The average molecular weight is 334 g/mol. The number of aromatic nitrogens is 2. The van der Waals surface area contributed by atoms with Gasteiger partial charge in [-0.1, -0.05) is 11.8 Å². The van der Waals surface area contributed by atoms with Crippen molar-refractivity contribution < 1.29 is 9.21 Å². The van der Waals surface area contributed by atoms with Crippen LogP contribution in [-0.4, -0.2) is 36.0 Å². The summed E-state index contributed by atoms with van der Waals surface area (Å²) >= 11 is 1.48. The molecule has 23 heavy (non-hydrogen) atoms. The first-order valence-corrected chi connectivity index (χ1v) is 8.39. The van der Waals surface area contributed by atoms with Gasteiger partial charge in [-0.05, 0) is 32.9 Å². The molecule has 2 aromatic rings. The number of furan rings is 1. The Bertz CT molecular complexity index is 682. The third-order valence-corrected chi connectivity index (χ3v) is 3.80. The third-order valence-electron chi connectivity index (χ3n) is 2.93. The van der Waals surface area contributed by atoms with Crippen molar-refractivity contribution in [3.05, 3.63) is 35.4 Å². The Morgan fingerprint density at radius 1 is 1.35 bits per heavy atom. The van der Waals surface area contributed by atoms with Crippen LogP contribution in [0.15, 0.2) is 27.8 Å². The van der Waals surface area contributed by atoms with Gasteiger partial charge in [0.1, 0.15) is 11.6 Å². The first-order chi connectivity index (χ1) is 10.8. The van der Waals surface area contributed by atoms with Gasteiger partial charge in [0.2, 0.25) is 0 Å². The van der Waals surface area contributed by atoms with Crippen molar-refractivity contribution in [2.75, 3.05) is 19.0 Å². The summed E-state index contributed by atoms with van der Waals surface area (Å²) in [6.45, 7) is 5.77. The van der Waals surface area contributed by atoms with Gasteiger partial charge in [0, 0.05) is 31.9 Å². The molecule has 2 heterocycles. The second kappa shape index (κ2) is 7.50.